The topological polar surface area (TPSA) is 170 Å². The van der Waals surface area contributed by atoms with Crippen LogP contribution in [0.2, 0.25) is 0 Å². The second-order valence-corrected chi connectivity index (χ2v) is 12.9. The van der Waals surface area contributed by atoms with Crippen molar-refractivity contribution in [1.29, 1.82) is 0 Å². The van der Waals surface area contributed by atoms with Crippen molar-refractivity contribution in [2.24, 2.45) is 0 Å². The Bertz CT molecular complexity index is 1040. The van der Waals surface area contributed by atoms with Crippen LogP contribution in [0, 0.1) is 0 Å². The monoisotopic (exact) mass is 628 g/mol. The first kappa shape index (κ1) is 37.4. The van der Waals surface area contributed by atoms with Crippen molar-refractivity contribution in [3.05, 3.63) is 6.33 Å². The van der Waals surface area contributed by atoms with E-state index in [2.05, 4.69) is 21.9 Å². The lowest BCUT2D eigenvalue weighted by atomic mass is 10.0. The van der Waals surface area contributed by atoms with Gasteiger partial charge in [0.15, 0.2) is 11.5 Å². The third-order valence-corrected chi connectivity index (χ3v) is 8.32. The van der Waals surface area contributed by atoms with Gasteiger partial charge in [-0.3, -0.25) is 4.57 Å². The van der Waals surface area contributed by atoms with Crippen molar-refractivity contribution in [2.45, 2.75) is 123 Å². The number of nitrogen functional groups attached to an aromatic ring is 2. The SMILES string of the molecule is CCCCCCCCCCCCCCCCOCCCOP(=O)(O)COC(COCC)Cn1cnc2c(N)nc(N)nc21. The smallest absolute Gasteiger partial charge is 0.353 e. The van der Waals surface area contributed by atoms with E-state index >= 15 is 0 Å². The molecule has 13 heteroatoms. The van der Waals surface area contributed by atoms with Gasteiger partial charge in [-0.1, -0.05) is 90.4 Å². The molecule has 0 spiro atoms. The summed E-state index contributed by atoms with van der Waals surface area (Å²) < 4.78 is 36.4. The number of ether oxygens (including phenoxy) is 3. The average molecular weight is 629 g/mol. The number of unbranched alkanes of at least 4 members (excludes halogenated alkanes) is 13. The number of imidazole rings is 1. The average Bonchev–Trinajstić information content (AvgIpc) is 3.38. The molecule has 12 nitrogen and oxygen atoms in total. The maximum Gasteiger partial charge on any atom is 0.353 e. The molecule has 0 aliphatic heterocycles. The van der Waals surface area contributed by atoms with Gasteiger partial charge in [-0.25, -0.2) is 4.98 Å². The Balaban J connectivity index is 1.50. The highest BCUT2D eigenvalue weighted by molar-refractivity contribution is 7.52. The van der Waals surface area contributed by atoms with Gasteiger partial charge < -0.3 is 39.7 Å². The zero-order valence-corrected chi connectivity index (χ0v) is 27.5. The van der Waals surface area contributed by atoms with Crippen LogP contribution in [-0.4, -0.2) is 69.9 Å². The zero-order chi connectivity index (χ0) is 31.2. The summed E-state index contributed by atoms with van der Waals surface area (Å²) in [6.07, 6.45) is 19.7. The van der Waals surface area contributed by atoms with Gasteiger partial charge in [0.1, 0.15) is 11.9 Å². The highest BCUT2D eigenvalue weighted by Crippen LogP contribution is 2.42. The Morgan fingerprint density at radius 2 is 1.44 bits per heavy atom. The van der Waals surface area contributed by atoms with Crippen LogP contribution in [0.4, 0.5) is 11.8 Å². The largest absolute Gasteiger partial charge is 0.382 e. The van der Waals surface area contributed by atoms with Gasteiger partial charge in [0, 0.05) is 19.8 Å². The fraction of sp³-hybridized carbons (Fsp3) is 0.833. The molecule has 0 aliphatic carbocycles. The molecule has 0 amide bonds. The van der Waals surface area contributed by atoms with E-state index in [9.17, 15) is 9.46 Å². The van der Waals surface area contributed by atoms with E-state index in [1.807, 2.05) is 6.92 Å². The van der Waals surface area contributed by atoms with Crippen LogP contribution in [0.15, 0.2) is 6.33 Å². The minimum absolute atomic E-state index is 0.0332. The third-order valence-electron chi connectivity index (χ3n) is 7.26. The van der Waals surface area contributed by atoms with Gasteiger partial charge in [-0.2, -0.15) is 9.97 Å². The molecule has 2 atom stereocenters. The van der Waals surface area contributed by atoms with Crippen LogP contribution < -0.4 is 11.5 Å². The molecule has 2 heterocycles. The van der Waals surface area contributed by atoms with E-state index in [1.54, 1.807) is 10.9 Å². The number of anilines is 2. The van der Waals surface area contributed by atoms with Crippen molar-refractivity contribution in [1.82, 2.24) is 19.5 Å². The fourth-order valence-corrected chi connectivity index (χ4v) is 5.73. The summed E-state index contributed by atoms with van der Waals surface area (Å²) in [6, 6.07) is 0. The molecule has 0 aliphatic rings. The van der Waals surface area contributed by atoms with Crippen LogP contribution in [0.5, 0.6) is 0 Å². The predicted octanol–water partition coefficient (Wildman–Crippen LogP) is 6.46. The number of nitrogens with two attached hydrogens (primary N) is 2. The normalized spacial score (nSPS) is 13.9. The predicted molar refractivity (Wildman–Crippen MR) is 172 cm³/mol. The Labute approximate surface area is 258 Å². The number of hydrogen-bond acceptors (Lipinski definition) is 10. The number of nitrogens with zero attached hydrogens (tertiary/aromatic N) is 4. The Morgan fingerprint density at radius 1 is 0.837 bits per heavy atom. The molecular formula is C30H57N6O6P. The molecule has 0 radical (unpaired) electrons. The minimum atomic E-state index is -3.95. The molecular weight excluding hydrogens is 571 g/mol. The molecule has 0 bridgehead atoms. The van der Waals surface area contributed by atoms with Crippen LogP contribution in [0.1, 0.15) is 110 Å². The Morgan fingerprint density at radius 3 is 2.07 bits per heavy atom. The van der Waals surface area contributed by atoms with E-state index in [4.69, 9.17) is 30.2 Å². The minimum Gasteiger partial charge on any atom is -0.382 e. The first-order chi connectivity index (χ1) is 20.9. The lowest BCUT2D eigenvalue weighted by molar-refractivity contribution is -0.00983. The van der Waals surface area contributed by atoms with Crippen molar-refractivity contribution >= 4 is 30.5 Å². The Kier molecular flexibility index (Phi) is 19.7. The van der Waals surface area contributed by atoms with E-state index in [0.717, 1.165) is 6.42 Å². The van der Waals surface area contributed by atoms with Gasteiger partial charge in [-0.05, 0) is 19.8 Å². The summed E-state index contributed by atoms with van der Waals surface area (Å²) in [5.41, 5.74) is 12.5. The summed E-state index contributed by atoms with van der Waals surface area (Å²) >= 11 is 0. The second-order valence-electron chi connectivity index (χ2n) is 11.1. The van der Waals surface area contributed by atoms with Gasteiger partial charge >= 0.3 is 7.60 Å². The van der Waals surface area contributed by atoms with Crippen molar-refractivity contribution in [3.63, 3.8) is 0 Å². The van der Waals surface area contributed by atoms with Gasteiger partial charge in [0.05, 0.1) is 32.2 Å². The van der Waals surface area contributed by atoms with Crippen LogP contribution in [0.3, 0.4) is 0 Å². The van der Waals surface area contributed by atoms with Crippen LogP contribution in [-0.2, 0) is 29.8 Å². The summed E-state index contributed by atoms with van der Waals surface area (Å²) in [7, 11) is -3.95. The molecule has 2 aromatic rings. The first-order valence-corrected chi connectivity index (χ1v) is 18.1. The first-order valence-electron chi connectivity index (χ1n) is 16.3. The van der Waals surface area contributed by atoms with E-state index < -0.39 is 20.0 Å². The van der Waals surface area contributed by atoms with Gasteiger partial charge in [0.2, 0.25) is 5.95 Å². The molecule has 248 valence electrons. The molecule has 43 heavy (non-hydrogen) atoms. The van der Waals surface area contributed by atoms with Crippen LogP contribution >= 0.6 is 7.60 Å². The molecule has 0 saturated heterocycles. The summed E-state index contributed by atoms with van der Waals surface area (Å²) in [5, 5.41) is 0. The molecule has 0 fully saturated rings. The fourth-order valence-electron chi connectivity index (χ4n) is 4.85. The zero-order valence-electron chi connectivity index (χ0n) is 26.6. The van der Waals surface area contributed by atoms with E-state index in [-0.39, 0.29) is 31.5 Å². The van der Waals surface area contributed by atoms with Gasteiger partial charge in [-0.15, -0.1) is 0 Å². The molecule has 2 unspecified atom stereocenters. The quantitative estimate of drug-likeness (QED) is 0.0698. The lowest BCUT2D eigenvalue weighted by Crippen LogP contribution is -2.26. The standard InChI is InChI=1S/C30H57N6O6P/c1-3-5-6-7-8-9-10-11-12-13-14-15-16-17-19-40-20-18-21-42-43(37,38)25-41-26(23-39-4-2)22-36-24-33-27-28(31)34-30(32)35-29(27)36/h24,26H,3-23,25H2,1-2H3,(H,37,38)(H4,31,32,34,35). The van der Waals surface area contributed by atoms with Crippen molar-refractivity contribution in [2.75, 3.05) is 50.8 Å². The summed E-state index contributed by atoms with van der Waals surface area (Å²) in [5.74, 6) is 0.214. The third kappa shape index (κ3) is 16.7. The number of aromatic nitrogens is 4. The molecule has 2 rings (SSSR count). The summed E-state index contributed by atoms with van der Waals surface area (Å²) in [6.45, 7) is 6.39. The number of hydrogen-bond donors (Lipinski definition) is 3. The van der Waals surface area contributed by atoms with Crippen molar-refractivity contribution in [3.8, 4) is 0 Å². The lowest BCUT2D eigenvalue weighted by Gasteiger charge is -2.20. The molecule has 0 saturated carbocycles. The van der Waals surface area contributed by atoms with E-state index in [1.165, 1.54) is 83.5 Å². The molecule has 0 aromatic carbocycles. The van der Waals surface area contributed by atoms with E-state index in [0.29, 0.717) is 37.4 Å². The summed E-state index contributed by atoms with van der Waals surface area (Å²) in [4.78, 5) is 22.6. The number of rotatable bonds is 28. The Hall–Kier alpha value is -1.82. The maximum absolute atomic E-state index is 12.5. The number of fused-ring (bicyclic) bond motifs is 1. The highest BCUT2D eigenvalue weighted by Gasteiger charge is 2.24. The second kappa shape index (κ2) is 22.7. The van der Waals surface area contributed by atoms with Crippen LogP contribution in [0.25, 0.3) is 11.2 Å². The van der Waals surface area contributed by atoms with Crippen molar-refractivity contribution < 1.29 is 28.2 Å². The molecule has 5 N–H and O–H groups in total. The molecule has 2 aromatic heterocycles. The highest BCUT2D eigenvalue weighted by atomic mass is 31.2. The maximum atomic E-state index is 12.5. The van der Waals surface area contributed by atoms with Gasteiger partial charge in [0.25, 0.3) is 0 Å².